The number of amides is 1. The van der Waals surface area contributed by atoms with E-state index in [0.717, 1.165) is 0 Å². The number of likely N-dealkylation sites (N-methyl/N-ethyl adjacent to an activating group) is 1. The molecule has 9 heteroatoms. The number of carbonyl (C=O) groups excluding carboxylic acids is 1. The third-order valence-corrected chi connectivity index (χ3v) is 5.42. The molecule has 2 heterocycles. The standard InChI is InChI=1S/C16H21N3O5S/c1-18-5-6-19-15(21)14(25-16(19)17-18)12(20)9-7-10(22-2)13(24-4)11(8-9)23-3/h7-8,12,14,20H,5-6H2,1-4H3. The summed E-state index contributed by atoms with van der Waals surface area (Å²) in [5, 5.41) is 16.9. The number of amidine groups is 1. The van der Waals surface area contributed by atoms with Gasteiger partial charge in [0.05, 0.1) is 27.9 Å². The van der Waals surface area contributed by atoms with Crippen LogP contribution in [0.15, 0.2) is 17.2 Å². The Labute approximate surface area is 150 Å². The molecule has 0 aromatic heterocycles. The Morgan fingerprint density at radius 2 is 1.84 bits per heavy atom. The predicted octanol–water partition coefficient (Wildman–Crippen LogP) is 0.906. The van der Waals surface area contributed by atoms with Crippen LogP contribution in [0, 0.1) is 0 Å². The number of nitrogens with zero attached hydrogens (tertiary/aromatic N) is 3. The van der Waals surface area contributed by atoms with Gasteiger partial charge < -0.3 is 19.3 Å². The highest BCUT2D eigenvalue weighted by molar-refractivity contribution is 8.15. The SMILES string of the molecule is COc1cc(C(O)C2SC3=NN(C)CCN3C2=O)cc(OC)c1OC. The fraction of sp³-hybridized carbons (Fsp3) is 0.500. The Balaban J connectivity index is 1.92. The summed E-state index contributed by atoms with van der Waals surface area (Å²) in [4.78, 5) is 14.3. The van der Waals surface area contributed by atoms with Gasteiger partial charge >= 0.3 is 0 Å². The molecule has 0 bridgehead atoms. The predicted molar refractivity (Wildman–Crippen MR) is 94.2 cm³/mol. The second-order valence-electron chi connectivity index (χ2n) is 5.70. The van der Waals surface area contributed by atoms with Crippen LogP contribution >= 0.6 is 11.8 Å². The second-order valence-corrected chi connectivity index (χ2v) is 6.80. The van der Waals surface area contributed by atoms with Gasteiger partial charge in [0.1, 0.15) is 11.4 Å². The highest BCUT2D eigenvalue weighted by Crippen LogP contribution is 2.43. The van der Waals surface area contributed by atoms with Gasteiger partial charge in [-0.1, -0.05) is 11.8 Å². The van der Waals surface area contributed by atoms with E-state index in [-0.39, 0.29) is 5.91 Å². The molecule has 25 heavy (non-hydrogen) atoms. The first kappa shape index (κ1) is 17.7. The number of aliphatic hydroxyl groups excluding tert-OH is 1. The van der Waals surface area contributed by atoms with Crippen molar-refractivity contribution in [3.05, 3.63) is 17.7 Å². The van der Waals surface area contributed by atoms with E-state index in [1.165, 1.54) is 33.1 Å². The summed E-state index contributed by atoms with van der Waals surface area (Å²) in [6.07, 6.45) is -1.02. The van der Waals surface area contributed by atoms with Crippen molar-refractivity contribution in [1.29, 1.82) is 0 Å². The number of benzene rings is 1. The molecule has 2 aliphatic heterocycles. The van der Waals surface area contributed by atoms with Crippen molar-refractivity contribution in [3.63, 3.8) is 0 Å². The summed E-state index contributed by atoms with van der Waals surface area (Å²) < 4.78 is 15.9. The molecule has 1 amide bonds. The molecule has 0 saturated carbocycles. The van der Waals surface area contributed by atoms with Crippen LogP contribution in [0.25, 0.3) is 0 Å². The molecule has 1 aromatic rings. The van der Waals surface area contributed by atoms with E-state index < -0.39 is 11.4 Å². The van der Waals surface area contributed by atoms with Crippen molar-refractivity contribution in [3.8, 4) is 17.2 Å². The number of hydrogen-bond acceptors (Lipinski definition) is 8. The van der Waals surface area contributed by atoms with E-state index in [2.05, 4.69) is 5.10 Å². The number of aliphatic hydroxyl groups is 1. The number of fused-ring (bicyclic) bond motifs is 1. The maximum Gasteiger partial charge on any atom is 0.245 e. The number of thioether (sulfide) groups is 1. The molecule has 2 unspecified atom stereocenters. The van der Waals surface area contributed by atoms with E-state index >= 15 is 0 Å². The summed E-state index contributed by atoms with van der Waals surface area (Å²) >= 11 is 1.27. The molecule has 0 spiro atoms. The molecular formula is C16H21N3O5S. The summed E-state index contributed by atoms with van der Waals surface area (Å²) in [5.41, 5.74) is 0.522. The van der Waals surface area contributed by atoms with E-state index in [1.807, 2.05) is 7.05 Å². The van der Waals surface area contributed by atoms with Crippen molar-refractivity contribution in [1.82, 2.24) is 9.91 Å². The largest absolute Gasteiger partial charge is 0.493 e. The van der Waals surface area contributed by atoms with Crippen LogP contribution in [0.1, 0.15) is 11.7 Å². The van der Waals surface area contributed by atoms with Crippen molar-refractivity contribution in [2.45, 2.75) is 11.4 Å². The lowest BCUT2D eigenvalue weighted by atomic mass is 10.0. The first-order valence-corrected chi connectivity index (χ1v) is 8.63. The highest BCUT2D eigenvalue weighted by atomic mass is 32.2. The summed E-state index contributed by atoms with van der Waals surface area (Å²) in [6, 6.07) is 3.32. The molecule has 1 aromatic carbocycles. The minimum absolute atomic E-state index is 0.141. The third kappa shape index (κ3) is 3.09. The molecule has 2 aliphatic rings. The lowest BCUT2D eigenvalue weighted by Crippen LogP contribution is -2.42. The number of rotatable bonds is 5. The van der Waals surface area contributed by atoms with Gasteiger partial charge in [-0.25, -0.2) is 0 Å². The monoisotopic (exact) mass is 367 g/mol. The average Bonchev–Trinajstić information content (AvgIpc) is 2.95. The Kier molecular flexibility index (Phi) is 4.96. The number of hydrazone groups is 1. The summed E-state index contributed by atoms with van der Waals surface area (Å²) in [7, 11) is 6.39. The van der Waals surface area contributed by atoms with Crippen molar-refractivity contribution in [2.24, 2.45) is 5.10 Å². The summed E-state index contributed by atoms with van der Waals surface area (Å²) in [5.74, 6) is 1.16. The van der Waals surface area contributed by atoms with Crippen LogP contribution in [0.5, 0.6) is 17.2 Å². The minimum atomic E-state index is -1.02. The summed E-state index contributed by atoms with van der Waals surface area (Å²) in [6.45, 7) is 1.24. The van der Waals surface area contributed by atoms with Gasteiger partial charge in [-0.05, 0) is 17.7 Å². The normalized spacial score (nSPS) is 20.9. The van der Waals surface area contributed by atoms with Gasteiger partial charge in [0, 0.05) is 13.6 Å². The van der Waals surface area contributed by atoms with Gasteiger partial charge in [-0.15, -0.1) is 0 Å². The van der Waals surface area contributed by atoms with Crippen LogP contribution in [0.3, 0.4) is 0 Å². The zero-order valence-electron chi connectivity index (χ0n) is 14.6. The topological polar surface area (TPSA) is 83.8 Å². The van der Waals surface area contributed by atoms with Crippen molar-refractivity contribution < 1.29 is 24.1 Å². The van der Waals surface area contributed by atoms with E-state index in [4.69, 9.17) is 14.2 Å². The molecule has 8 nitrogen and oxygen atoms in total. The molecule has 3 rings (SSSR count). The van der Waals surface area contributed by atoms with E-state index in [1.54, 1.807) is 22.0 Å². The maximum atomic E-state index is 12.7. The quantitative estimate of drug-likeness (QED) is 0.828. The minimum Gasteiger partial charge on any atom is -0.493 e. The van der Waals surface area contributed by atoms with E-state index in [0.29, 0.717) is 41.1 Å². The van der Waals surface area contributed by atoms with Crippen molar-refractivity contribution >= 4 is 22.8 Å². The van der Waals surface area contributed by atoms with E-state index in [9.17, 15) is 9.90 Å². The molecule has 136 valence electrons. The first-order valence-electron chi connectivity index (χ1n) is 7.76. The fourth-order valence-corrected chi connectivity index (χ4v) is 4.08. The molecule has 1 fully saturated rings. The zero-order valence-corrected chi connectivity index (χ0v) is 15.4. The molecule has 0 aliphatic carbocycles. The zero-order chi connectivity index (χ0) is 18.1. The van der Waals surface area contributed by atoms with Crippen LogP contribution in [0.2, 0.25) is 0 Å². The Morgan fingerprint density at radius 1 is 1.20 bits per heavy atom. The lowest BCUT2D eigenvalue weighted by Gasteiger charge is -2.26. The molecule has 1 saturated heterocycles. The Morgan fingerprint density at radius 3 is 2.40 bits per heavy atom. The Hall–Kier alpha value is -2.13. The second kappa shape index (κ2) is 7.01. The van der Waals surface area contributed by atoms with Gasteiger partial charge in [-0.2, -0.15) is 5.10 Å². The number of carbonyl (C=O) groups is 1. The van der Waals surface area contributed by atoms with Gasteiger partial charge in [0.2, 0.25) is 11.7 Å². The average molecular weight is 367 g/mol. The molecular weight excluding hydrogens is 346 g/mol. The first-order chi connectivity index (χ1) is 12.0. The molecule has 1 N–H and O–H groups in total. The Bertz CT molecular complexity index is 686. The van der Waals surface area contributed by atoms with Gasteiger partial charge in [0.25, 0.3) is 0 Å². The smallest absolute Gasteiger partial charge is 0.245 e. The number of ether oxygens (including phenoxy) is 3. The van der Waals surface area contributed by atoms with Gasteiger partial charge in [0.15, 0.2) is 16.7 Å². The van der Waals surface area contributed by atoms with Gasteiger partial charge in [-0.3, -0.25) is 14.7 Å². The van der Waals surface area contributed by atoms with Crippen molar-refractivity contribution in [2.75, 3.05) is 41.5 Å². The fourth-order valence-electron chi connectivity index (χ4n) is 2.85. The number of methoxy groups -OCH3 is 3. The molecule has 2 atom stereocenters. The van der Waals surface area contributed by atoms with Crippen LogP contribution < -0.4 is 14.2 Å². The highest BCUT2D eigenvalue weighted by Gasteiger charge is 2.44. The van der Waals surface area contributed by atoms with Crippen LogP contribution in [-0.4, -0.2) is 72.8 Å². The van der Waals surface area contributed by atoms with Crippen LogP contribution in [0.4, 0.5) is 0 Å². The maximum absolute atomic E-state index is 12.7. The van der Waals surface area contributed by atoms with Crippen LogP contribution in [-0.2, 0) is 4.79 Å². The number of hydrogen-bond donors (Lipinski definition) is 1. The third-order valence-electron chi connectivity index (χ3n) is 4.19. The molecule has 0 radical (unpaired) electrons. The lowest BCUT2D eigenvalue weighted by molar-refractivity contribution is -0.128.